The van der Waals surface area contributed by atoms with Gasteiger partial charge in [0.05, 0.1) is 5.56 Å². The van der Waals surface area contributed by atoms with Gasteiger partial charge in [0.1, 0.15) is 12.4 Å². The van der Waals surface area contributed by atoms with Gasteiger partial charge < -0.3 is 19.2 Å². The first-order valence-electron chi connectivity index (χ1n) is 11.2. The van der Waals surface area contributed by atoms with E-state index >= 15 is 0 Å². The fourth-order valence-corrected chi connectivity index (χ4v) is 3.84. The van der Waals surface area contributed by atoms with Crippen LogP contribution in [0, 0.1) is 0 Å². The van der Waals surface area contributed by atoms with Crippen LogP contribution in [-0.2, 0) is 27.3 Å². The number of nitrogens with one attached hydrogen (secondary N) is 1. The first kappa shape index (κ1) is 23.3. The van der Waals surface area contributed by atoms with Crippen LogP contribution in [0.15, 0.2) is 78.9 Å². The van der Waals surface area contributed by atoms with E-state index in [0.29, 0.717) is 29.7 Å². The summed E-state index contributed by atoms with van der Waals surface area (Å²) in [4.78, 5) is 29.0. The highest BCUT2D eigenvalue weighted by Crippen LogP contribution is 2.27. The van der Waals surface area contributed by atoms with Crippen molar-refractivity contribution in [2.75, 3.05) is 13.9 Å². The number of benzene rings is 3. The average molecular weight is 458 g/mol. The van der Waals surface area contributed by atoms with Crippen LogP contribution in [0.1, 0.15) is 40.0 Å². The molecule has 0 unspecified atom stereocenters. The Morgan fingerprint density at radius 2 is 1.62 bits per heavy atom. The van der Waals surface area contributed by atoms with Crippen LogP contribution in [-0.4, -0.2) is 30.6 Å². The maximum Gasteiger partial charge on any atom is 0.306 e. The molecule has 0 saturated carbocycles. The van der Waals surface area contributed by atoms with Crippen molar-refractivity contribution in [1.82, 2.24) is 4.98 Å². The predicted molar refractivity (Wildman–Crippen MR) is 130 cm³/mol. The topological polar surface area (TPSA) is 77.6 Å². The number of hydrogen-bond acceptors (Lipinski definition) is 5. The number of aromatic amines is 1. The third-order valence-corrected chi connectivity index (χ3v) is 5.52. The van der Waals surface area contributed by atoms with Crippen molar-refractivity contribution in [3.63, 3.8) is 0 Å². The highest BCUT2D eigenvalue weighted by atomic mass is 16.7. The number of aromatic nitrogens is 1. The zero-order chi connectivity index (χ0) is 23.8. The molecule has 4 aromatic rings. The van der Waals surface area contributed by atoms with Gasteiger partial charge in [-0.15, -0.1) is 0 Å². The van der Waals surface area contributed by atoms with E-state index in [1.54, 1.807) is 31.4 Å². The number of fused-ring (bicyclic) bond motifs is 1. The number of H-pyrrole nitrogens is 1. The number of carbonyl (C=O) groups excluding carboxylic acids is 2. The number of esters is 1. The van der Waals surface area contributed by atoms with Gasteiger partial charge in [0, 0.05) is 35.7 Å². The van der Waals surface area contributed by atoms with Gasteiger partial charge in [-0.1, -0.05) is 48.5 Å². The number of carbonyl (C=O) groups is 2. The molecule has 0 amide bonds. The molecule has 6 heteroatoms. The first-order valence-corrected chi connectivity index (χ1v) is 11.2. The molecule has 0 bridgehead atoms. The van der Waals surface area contributed by atoms with Gasteiger partial charge in [0.15, 0.2) is 12.6 Å². The Labute approximate surface area is 198 Å². The lowest BCUT2D eigenvalue weighted by Crippen LogP contribution is -2.07. The molecule has 0 fully saturated rings. The second-order valence-corrected chi connectivity index (χ2v) is 7.93. The minimum Gasteiger partial charge on any atom is -0.468 e. The summed E-state index contributed by atoms with van der Waals surface area (Å²) in [5.74, 6) is 0.309. The van der Waals surface area contributed by atoms with Gasteiger partial charge in [0.2, 0.25) is 0 Å². The fourth-order valence-electron chi connectivity index (χ4n) is 3.84. The van der Waals surface area contributed by atoms with Crippen LogP contribution in [0.5, 0.6) is 5.75 Å². The summed E-state index contributed by atoms with van der Waals surface area (Å²) in [6.07, 6.45) is 1.41. The quantitative estimate of drug-likeness (QED) is 0.184. The van der Waals surface area contributed by atoms with Gasteiger partial charge in [-0.05, 0) is 48.7 Å². The molecule has 1 heterocycles. The third kappa shape index (κ3) is 5.71. The number of ether oxygens (including phenoxy) is 3. The van der Waals surface area contributed by atoms with Crippen molar-refractivity contribution in [2.45, 2.75) is 25.9 Å². The van der Waals surface area contributed by atoms with E-state index in [9.17, 15) is 9.59 Å². The van der Waals surface area contributed by atoms with Crippen molar-refractivity contribution in [1.29, 1.82) is 0 Å². The molecule has 0 atom stereocenters. The van der Waals surface area contributed by atoms with Gasteiger partial charge in [-0.25, -0.2) is 0 Å². The zero-order valence-corrected chi connectivity index (χ0v) is 19.1. The summed E-state index contributed by atoms with van der Waals surface area (Å²) >= 11 is 0. The van der Waals surface area contributed by atoms with E-state index in [2.05, 4.69) is 4.98 Å². The fraction of sp³-hybridized carbons (Fsp3) is 0.214. The average Bonchev–Trinajstić information content (AvgIpc) is 3.25. The number of hydrogen-bond donors (Lipinski definition) is 1. The lowest BCUT2D eigenvalue weighted by Gasteiger charge is -2.08. The van der Waals surface area contributed by atoms with Crippen molar-refractivity contribution >= 4 is 22.7 Å². The lowest BCUT2D eigenvalue weighted by molar-refractivity contribution is -0.145. The minimum absolute atomic E-state index is 0.0719. The SMILES string of the molecule is COCOc1ccc(C(=O)c2c(CCCC(=O)OCc3ccccc3)[nH]c3ccccc23)cc1. The Bertz CT molecular complexity index is 1250. The largest absolute Gasteiger partial charge is 0.468 e. The maximum atomic E-state index is 13.4. The molecule has 1 aromatic heterocycles. The first-order chi connectivity index (χ1) is 16.7. The van der Waals surface area contributed by atoms with Gasteiger partial charge in [0.25, 0.3) is 0 Å². The van der Waals surface area contributed by atoms with Crippen LogP contribution in [0.4, 0.5) is 0 Å². The van der Waals surface area contributed by atoms with Gasteiger partial charge in [-0.3, -0.25) is 9.59 Å². The Morgan fingerprint density at radius 3 is 2.38 bits per heavy atom. The summed E-state index contributed by atoms with van der Waals surface area (Å²) in [6.45, 7) is 0.410. The third-order valence-electron chi connectivity index (χ3n) is 5.52. The zero-order valence-electron chi connectivity index (χ0n) is 19.1. The van der Waals surface area contributed by atoms with Crippen molar-refractivity contribution in [2.24, 2.45) is 0 Å². The highest BCUT2D eigenvalue weighted by molar-refractivity contribution is 6.17. The number of methoxy groups -OCH3 is 1. The molecule has 3 aromatic carbocycles. The molecule has 0 aliphatic rings. The summed E-state index contributed by atoms with van der Waals surface area (Å²) in [5.41, 5.74) is 3.88. The van der Waals surface area contributed by atoms with Crippen LogP contribution < -0.4 is 4.74 Å². The minimum atomic E-state index is -0.250. The van der Waals surface area contributed by atoms with Crippen LogP contribution in [0.3, 0.4) is 0 Å². The molecule has 0 spiro atoms. The second-order valence-electron chi connectivity index (χ2n) is 7.93. The smallest absolute Gasteiger partial charge is 0.306 e. The van der Waals surface area contributed by atoms with E-state index in [1.807, 2.05) is 54.6 Å². The molecule has 4 rings (SSSR count). The Morgan fingerprint density at radius 1 is 0.882 bits per heavy atom. The van der Waals surface area contributed by atoms with Crippen molar-refractivity contribution in [3.8, 4) is 5.75 Å². The van der Waals surface area contributed by atoms with E-state index in [1.165, 1.54) is 0 Å². The van der Waals surface area contributed by atoms with Crippen LogP contribution >= 0.6 is 0 Å². The maximum absolute atomic E-state index is 13.4. The molecule has 6 nitrogen and oxygen atoms in total. The van der Waals surface area contributed by atoms with E-state index in [0.717, 1.165) is 22.2 Å². The molecule has 0 radical (unpaired) electrons. The van der Waals surface area contributed by atoms with Gasteiger partial charge >= 0.3 is 5.97 Å². The van der Waals surface area contributed by atoms with Crippen LogP contribution in [0.2, 0.25) is 0 Å². The van der Waals surface area contributed by atoms with Gasteiger partial charge in [-0.2, -0.15) is 0 Å². The highest BCUT2D eigenvalue weighted by Gasteiger charge is 2.20. The molecule has 174 valence electrons. The van der Waals surface area contributed by atoms with Crippen LogP contribution in [0.25, 0.3) is 10.9 Å². The number of aryl methyl sites for hydroxylation is 1. The summed E-state index contributed by atoms with van der Waals surface area (Å²) in [5, 5.41) is 0.869. The van der Waals surface area contributed by atoms with Crippen molar-refractivity contribution in [3.05, 3.63) is 101 Å². The second kappa shape index (κ2) is 11.3. The summed E-state index contributed by atoms with van der Waals surface area (Å²) in [7, 11) is 1.55. The molecule has 34 heavy (non-hydrogen) atoms. The molecule has 0 aliphatic heterocycles. The normalized spacial score (nSPS) is 10.9. The Balaban J connectivity index is 1.44. The van der Waals surface area contributed by atoms with Crippen molar-refractivity contribution < 1.29 is 23.8 Å². The molecular formula is C28H27NO5. The summed E-state index contributed by atoms with van der Waals surface area (Å²) in [6, 6.07) is 24.3. The molecular weight excluding hydrogens is 430 g/mol. The summed E-state index contributed by atoms with van der Waals surface area (Å²) < 4.78 is 15.7. The Hall–Kier alpha value is -3.90. The van der Waals surface area contributed by atoms with E-state index in [-0.39, 0.29) is 31.6 Å². The number of para-hydroxylation sites is 1. The van der Waals surface area contributed by atoms with E-state index < -0.39 is 0 Å². The lowest BCUT2D eigenvalue weighted by atomic mass is 9.98. The number of ketones is 1. The standard InChI is InChI=1S/C28H27NO5/c1-32-19-34-22-16-14-21(15-17-22)28(31)27-23-10-5-6-11-24(23)29-25(27)12-7-13-26(30)33-18-20-8-3-2-4-9-20/h2-6,8-11,14-17,29H,7,12-13,18-19H2,1H3. The van der Waals surface area contributed by atoms with E-state index in [4.69, 9.17) is 14.2 Å². The molecule has 0 aliphatic carbocycles. The Kier molecular flexibility index (Phi) is 7.73. The molecule has 0 saturated heterocycles. The molecule has 1 N–H and O–H groups in total. The predicted octanol–water partition coefficient (Wildman–Crippen LogP) is 5.45. The number of rotatable bonds is 11. The monoisotopic (exact) mass is 457 g/mol.